The van der Waals surface area contributed by atoms with E-state index >= 15 is 0 Å². The topological polar surface area (TPSA) is 25.8 Å². The Labute approximate surface area is 171 Å². The van der Waals surface area contributed by atoms with Gasteiger partial charge < -0.3 is 10.1 Å². The van der Waals surface area contributed by atoms with Crippen LogP contribution in [0.15, 0.2) is 66.0 Å². The summed E-state index contributed by atoms with van der Waals surface area (Å²) in [6.45, 7) is 7.31. The van der Waals surface area contributed by atoms with Crippen LogP contribution >= 0.6 is 11.3 Å². The third-order valence-electron chi connectivity index (χ3n) is 4.89. The van der Waals surface area contributed by atoms with Gasteiger partial charge in [-0.25, -0.2) is 4.39 Å². The molecule has 2 aromatic carbocycles. The van der Waals surface area contributed by atoms with Gasteiger partial charge in [-0.05, 0) is 67.6 Å². The number of nitrogens with two attached hydrogens (primary N) is 1. The van der Waals surface area contributed by atoms with E-state index in [-0.39, 0.29) is 17.8 Å². The van der Waals surface area contributed by atoms with E-state index in [0.29, 0.717) is 6.04 Å². The van der Waals surface area contributed by atoms with Gasteiger partial charge in [-0.2, -0.15) is 0 Å². The molecule has 148 valence electrons. The minimum absolute atomic E-state index is 0.159. The molecule has 0 bridgehead atoms. The van der Waals surface area contributed by atoms with Gasteiger partial charge in [0.1, 0.15) is 17.6 Å². The van der Waals surface area contributed by atoms with Crippen LogP contribution < -0.4 is 10.1 Å². The van der Waals surface area contributed by atoms with Crippen LogP contribution in [0.25, 0.3) is 0 Å². The van der Waals surface area contributed by atoms with Gasteiger partial charge in [-0.15, -0.1) is 11.3 Å². The molecule has 28 heavy (non-hydrogen) atoms. The number of ether oxygens (including phenoxy) is 1. The number of hydrogen-bond donors (Lipinski definition) is 1. The van der Waals surface area contributed by atoms with Gasteiger partial charge in [0.15, 0.2) is 0 Å². The van der Waals surface area contributed by atoms with Gasteiger partial charge in [0.2, 0.25) is 0 Å². The molecule has 4 heteroatoms. The lowest BCUT2D eigenvalue weighted by Crippen LogP contribution is -2.84. The number of hydrogen-bond acceptors (Lipinski definition) is 2. The zero-order valence-electron chi connectivity index (χ0n) is 16.8. The Balaban J connectivity index is 1.72. The summed E-state index contributed by atoms with van der Waals surface area (Å²) in [5, 5.41) is 4.51. The Morgan fingerprint density at radius 3 is 2.14 bits per heavy atom. The third kappa shape index (κ3) is 5.66. The predicted octanol–water partition coefficient (Wildman–Crippen LogP) is 5.52. The standard InChI is InChI=1S/C24H28FNOS/c1-17(2)27-22-12-8-20(9-13-22)23(19-6-10-21(25)11-7-19)14-15-26-18(3)24-5-4-16-28-24/h4-13,16-18,23,26H,14-15H2,1-3H3/p+1/t18-,23-/m1/s1. The highest BCUT2D eigenvalue weighted by molar-refractivity contribution is 7.10. The van der Waals surface area contributed by atoms with E-state index in [4.69, 9.17) is 4.74 Å². The molecular weight excluding hydrogens is 369 g/mol. The van der Waals surface area contributed by atoms with Crippen molar-refractivity contribution in [1.29, 1.82) is 0 Å². The smallest absolute Gasteiger partial charge is 0.123 e. The van der Waals surface area contributed by atoms with Gasteiger partial charge in [0.25, 0.3) is 0 Å². The van der Waals surface area contributed by atoms with Crippen LogP contribution in [0.5, 0.6) is 5.75 Å². The average Bonchev–Trinajstić information content (AvgIpc) is 3.21. The van der Waals surface area contributed by atoms with Gasteiger partial charge in [0, 0.05) is 12.3 Å². The van der Waals surface area contributed by atoms with Gasteiger partial charge >= 0.3 is 0 Å². The highest BCUT2D eigenvalue weighted by Crippen LogP contribution is 2.29. The Morgan fingerprint density at radius 2 is 1.57 bits per heavy atom. The lowest BCUT2D eigenvalue weighted by molar-refractivity contribution is -0.692. The summed E-state index contributed by atoms with van der Waals surface area (Å²) in [4.78, 5) is 1.40. The molecule has 0 saturated heterocycles. The highest BCUT2D eigenvalue weighted by Gasteiger charge is 2.17. The highest BCUT2D eigenvalue weighted by atomic mass is 32.1. The number of benzene rings is 2. The summed E-state index contributed by atoms with van der Waals surface area (Å²) in [5.74, 6) is 0.927. The molecule has 2 nitrogen and oxygen atoms in total. The molecule has 0 radical (unpaired) electrons. The van der Waals surface area contributed by atoms with Crippen molar-refractivity contribution in [3.05, 3.63) is 87.9 Å². The van der Waals surface area contributed by atoms with Crippen molar-refractivity contribution < 1.29 is 14.4 Å². The van der Waals surface area contributed by atoms with Gasteiger partial charge in [0.05, 0.1) is 17.5 Å². The minimum Gasteiger partial charge on any atom is -0.491 e. The largest absolute Gasteiger partial charge is 0.491 e. The molecule has 0 aliphatic rings. The van der Waals surface area contributed by atoms with Crippen LogP contribution in [0, 0.1) is 5.82 Å². The average molecular weight is 399 g/mol. The molecule has 3 aromatic rings. The van der Waals surface area contributed by atoms with Crippen molar-refractivity contribution in [2.75, 3.05) is 6.54 Å². The van der Waals surface area contributed by atoms with Crippen LogP contribution in [-0.2, 0) is 0 Å². The summed E-state index contributed by atoms with van der Waals surface area (Å²) < 4.78 is 19.2. The SMILES string of the molecule is CC(C)Oc1ccc([C@H](CC[NH2+][C@H](C)c2cccs2)c2ccc(F)cc2)cc1. The van der Waals surface area contributed by atoms with Crippen LogP contribution in [0.4, 0.5) is 4.39 Å². The zero-order chi connectivity index (χ0) is 19.9. The number of halogens is 1. The monoisotopic (exact) mass is 398 g/mol. The summed E-state index contributed by atoms with van der Waals surface area (Å²) in [7, 11) is 0. The number of thiophene rings is 1. The van der Waals surface area contributed by atoms with Crippen LogP contribution in [-0.4, -0.2) is 12.6 Å². The lowest BCUT2D eigenvalue weighted by Gasteiger charge is -2.19. The number of rotatable bonds is 9. The zero-order valence-corrected chi connectivity index (χ0v) is 17.6. The fourth-order valence-corrected chi connectivity index (χ4v) is 4.23. The maximum Gasteiger partial charge on any atom is 0.123 e. The normalized spacial score (nSPS) is 13.5. The second kappa shape index (κ2) is 9.85. The van der Waals surface area contributed by atoms with Crippen LogP contribution in [0.3, 0.4) is 0 Å². The van der Waals surface area contributed by atoms with E-state index in [0.717, 1.165) is 24.3 Å². The summed E-state index contributed by atoms with van der Waals surface area (Å²) in [6, 6.07) is 20.0. The number of quaternary nitrogens is 1. The quantitative estimate of drug-likeness (QED) is 0.504. The fraction of sp³-hybridized carbons (Fsp3) is 0.333. The van der Waals surface area contributed by atoms with E-state index in [2.05, 4.69) is 41.9 Å². The predicted molar refractivity (Wildman–Crippen MR) is 115 cm³/mol. The maximum absolute atomic E-state index is 13.4. The summed E-state index contributed by atoms with van der Waals surface area (Å²) in [5.41, 5.74) is 2.39. The molecular formula is C24H29FNOS+. The van der Waals surface area contributed by atoms with E-state index in [1.54, 1.807) is 23.5 Å². The maximum atomic E-state index is 13.4. The lowest BCUT2D eigenvalue weighted by atomic mass is 9.88. The van der Waals surface area contributed by atoms with Crippen molar-refractivity contribution in [1.82, 2.24) is 0 Å². The van der Waals surface area contributed by atoms with Gasteiger partial charge in [-0.1, -0.05) is 30.3 Å². The first-order valence-corrected chi connectivity index (χ1v) is 10.8. The molecule has 2 atom stereocenters. The summed E-state index contributed by atoms with van der Waals surface area (Å²) >= 11 is 1.80. The second-order valence-electron chi connectivity index (χ2n) is 7.46. The van der Waals surface area contributed by atoms with Crippen LogP contribution in [0.1, 0.15) is 55.2 Å². The Bertz CT molecular complexity index is 828. The first-order chi connectivity index (χ1) is 13.5. The van der Waals surface area contributed by atoms with Crippen molar-refractivity contribution in [2.45, 2.75) is 45.3 Å². The molecule has 0 spiro atoms. The Morgan fingerprint density at radius 1 is 0.929 bits per heavy atom. The molecule has 0 fully saturated rings. The van der Waals surface area contributed by atoms with E-state index in [1.165, 1.54) is 10.4 Å². The van der Waals surface area contributed by atoms with Crippen molar-refractivity contribution in [3.63, 3.8) is 0 Å². The fourth-order valence-electron chi connectivity index (χ4n) is 3.45. The molecule has 0 aliphatic carbocycles. The molecule has 1 aromatic heterocycles. The van der Waals surface area contributed by atoms with Crippen LogP contribution in [0.2, 0.25) is 0 Å². The molecule has 2 N–H and O–H groups in total. The Kier molecular flexibility index (Phi) is 7.24. The van der Waals surface area contributed by atoms with Crippen molar-refractivity contribution in [3.8, 4) is 5.75 Å². The second-order valence-corrected chi connectivity index (χ2v) is 8.44. The minimum atomic E-state index is -0.193. The molecule has 1 heterocycles. The Hall–Kier alpha value is -2.17. The first kappa shape index (κ1) is 20.6. The van der Waals surface area contributed by atoms with Crippen molar-refractivity contribution >= 4 is 11.3 Å². The van der Waals surface area contributed by atoms with Crippen molar-refractivity contribution in [2.24, 2.45) is 0 Å². The van der Waals surface area contributed by atoms with E-state index in [9.17, 15) is 4.39 Å². The molecule has 0 unspecified atom stereocenters. The first-order valence-electron chi connectivity index (χ1n) is 9.91. The summed E-state index contributed by atoms with van der Waals surface area (Å²) in [6.07, 6.45) is 1.15. The van der Waals surface area contributed by atoms with E-state index in [1.807, 2.05) is 38.1 Å². The molecule has 0 amide bonds. The molecule has 0 aliphatic heterocycles. The van der Waals surface area contributed by atoms with Gasteiger partial charge in [-0.3, -0.25) is 0 Å². The molecule has 3 rings (SSSR count). The van der Waals surface area contributed by atoms with E-state index < -0.39 is 0 Å². The molecule has 0 saturated carbocycles. The third-order valence-corrected chi connectivity index (χ3v) is 5.97.